The van der Waals surface area contributed by atoms with Crippen LogP contribution in [0.5, 0.6) is 0 Å². The summed E-state index contributed by atoms with van der Waals surface area (Å²) >= 11 is 1.28. The number of rotatable bonds is 8. The van der Waals surface area contributed by atoms with Crippen LogP contribution in [0.15, 0.2) is 0 Å². The second kappa shape index (κ2) is 7.26. The van der Waals surface area contributed by atoms with Gasteiger partial charge in [0, 0.05) is 31.0 Å². The molecule has 1 saturated heterocycles. The van der Waals surface area contributed by atoms with Crippen LogP contribution in [0.25, 0.3) is 0 Å². The Morgan fingerprint density at radius 1 is 1.38 bits per heavy atom. The van der Waals surface area contributed by atoms with Gasteiger partial charge in [-0.05, 0) is 6.26 Å². The van der Waals surface area contributed by atoms with Crippen molar-refractivity contribution in [3.8, 4) is 0 Å². The molecule has 0 saturated carbocycles. The number of sulfone groups is 1. The van der Waals surface area contributed by atoms with Gasteiger partial charge in [0.05, 0.1) is 11.0 Å². The van der Waals surface area contributed by atoms with Crippen molar-refractivity contribution in [3.63, 3.8) is 0 Å². The molecule has 0 aromatic rings. The minimum Gasteiger partial charge on any atom is -0.344 e. The van der Waals surface area contributed by atoms with Crippen molar-refractivity contribution in [1.29, 1.82) is 0 Å². The van der Waals surface area contributed by atoms with Crippen molar-refractivity contribution in [2.75, 3.05) is 36.6 Å². The summed E-state index contributed by atoms with van der Waals surface area (Å²) in [6.07, 6.45) is 1.24. The fourth-order valence-electron chi connectivity index (χ4n) is 1.87. The smallest absolute Gasteiger partial charge is 0.242 e. The predicted octanol–water partition coefficient (Wildman–Crippen LogP) is 0.182. The number of carbonyl (C=O) groups excluding carboxylic acids is 2. The van der Waals surface area contributed by atoms with Gasteiger partial charge in [0.25, 0.3) is 0 Å². The highest BCUT2D eigenvalue weighted by molar-refractivity contribution is 8.00. The maximum absolute atomic E-state index is 11.9. The van der Waals surface area contributed by atoms with E-state index >= 15 is 0 Å². The third-order valence-electron chi connectivity index (χ3n) is 3.35. The summed E-state index contributed by atoms with van der Waals surface area (Å²) < 4.78 is 34.6. The lowest BCUT2D eigenvalue weighted by molar-refractivity contribution is -0.137. The van der Waals surface area contributed by atoms with E-state index in [0.29, 0.717) is 0 Å². The van der Waals surface area contributed by atoms with Crippen LogP contribution in [-0.4, -0.2) is 71.9 Å². The molecule has 0 radical (unpaired) electrons. The summed E-state index contributed by atoms with van der Waals surface area (Å²) in [6, 6.07) is 0. The van der Waals surface area contributed by atoms with Crippen LogP contribution in [0.2, 0.25) is 0 Å². The lowest BCUT2D eigenvalue weighted by Gasteiger charge is -2.17. The van der Waals surface area contributed by atoms with Crippen LogP contribution in [0, 0.1) is 0 Å². The normalized spacial score (nSPS) is 22.6. The second-order valence-electron chi connectivity index (χ2n) is 4.84. The third-order valence-corrected chi connectivity index (χ3v) is 8.12. The van der Waals surface area contributed by atoms with E-state index in [1.54, 1.807) is 6.26 Å². The van der Waals surface area contributed by atoms with Gasteiger partial charge in [-0.1, -0.05) is 6.92 Å². The summed E-state index contributed by atoms with van der Waals surface area (Å²) in [5, 5.41) is -0.420. The number of hydrogen-bond donors (Lipinski definition) is 1. The molecule has 1 N–H and O–H groups in total. The summed E-state index contributed by atoms with van der Waals surface area (Å²) in [7, 11) is -6.98. The standard InChI is InChI=1S/C11H20NO6PS2/c1-3-21(17,18)7-6-19(15,16)5-4-12-10(13)8-9(20-2)11(12)14/h9H,3-8H2,1-2H3,(H,15,16). The zero-order valence-electron chi connectivity index (χ0n) is 12.0. The van der Waals surface area contributed by atoms with E-state index in [1.807, 2.05) is 0 Å². The molecule has 1 rings (SSSR count). The average molecular weight is 357 g/mol. The lowest BCUT2D eigenvalue weighted by Crippen LogP contribution is -2.34. The minimum atomic E-state index is -3.67. The van der Waals surface area contributed by atoms with Gasteiger partial charge in [-0.15, -0.1) is 0 Å². The number of carbonyl (C=O) groups is 2. The summed E-state index contributed by atoms with van der Waals surface area (Å²) in [4.78, 5) is 34.3. The van der Waals surface area contributed by atoms with Crippen molar-refractivity contribution in [1.82, 2.24) is 4.90 Å². The van der Waals surface area contributed by atoms with Crippen LogP contribution < -0.4 is 0 Å². The van der Waals surface area contributed by atoms with Crippen molar-refractivity contribution in [3.05, 3.63) is 0 Å². The molecule has 0 bridgehead atoms. The zero-order chi connectivity index (χ0) is 16.3. The molecule has 2 atom stereocenters. The number of likely N-dealkylation sites (tertiary alicyclic amines) is 1. The van der Waals surface area contributed by atoms with Crippen molar-refractivity contribution < 1.29 is 27.5 Å². The summed E-state index contributed by atoms with van der Waals surface area (Å²) in [5.41, 5.74) is 0. The number of imide groups is 1. The molecule has 0 aliphatic carbocycles. The molecule has 7 nitrogen and oxygen atoms in total. The lowest BCUT2D eigenvalue weighted by atomic mass is 10.4. The van der Waals surface area contributed by atoms with E-state index in [4.69, 9.17) is 0 Å². The van der Waals surface area contributed by atoms with E-state index in [0.717, 1.165) is 4.90 Å². The van der Waals surface area contributed by atoms with Gasteiger partial charge in [0.2, 0.25) is 19.2 Å². The van der Waals surface area contributed by atoms with Crippen molar-refractivity contribution in [2.24, 2.45) is 0 Å². The summed E-state index contributed by atoms with van der Waals surface area (Å²) in [6.45, 7) is 1.34. The van der Waals surface area contributed by atoms with E-state index in [1.165, 1.54) is 18.7 Å². The highest BCUT2D eigenvalue weighted by Crippen LogP contribution is 2.40. The maximum Gasteiger partial charge on any atom is 0.242 e. The monoisotopic (exact) mass is 357 g/mol. The molecule has 1 aliphatic heterocycles. The molecule has 0 aromatic carbocycles. The van der Waals surface area contributed by atoms with Crippen molar-refractivity contribution >= 4 is 40.8 Å². The highest BCUT2D eigenvalue weighted by atomic mass is 32.2. The fraction of sp³-hybridized carbons (Fsp3) is 0.818. The van der Waals surface area contributed by atoms with Crippen LogP contribution in [0.1, 0.15) is 13.3 Å². The van der Waals surface area contributed by atoms with Gasteiger partial charge in [0.15, 0.2) is 9.84 Å². The Balaban J connectivity index is 2.56. The first-order valence-corrected chi connectivity index (χ1v) is 11.6. The highest BCUT2D eigenvalue weighted by Gasteiger charge is 2.38. The molecule has 2 amide bonds. The molecule has 1 fully saturated rings. The van der Waals surface area contributed by atoms with Crippen LogP contribution in [0.3, 0.4) is 0 Å². The quantitative estimate of drug-likeness (QED) is 0.487. The molecule has 1 aliphatic rings. The van der Waals surface area contributed by atoms with Gasteiger partial charge >= 0.3 is 0 Å². The number of amides is 2. The van der Waals surface area contributed by atoms with Gasteiger partial charge < -0.3 is 4.89 Å². The van der Waals surface area contributed by atoms with Crippen LogP contribution in [0.4, 0.5) is 0 Å². The van der Waals surface area contributed by atoms with E-state index < -0.39 is 22.5 Å². The Morgan fingerprint density at radius 3 is 2.48 bits per heavy atom. The van der Waals surface area contributed by atoms with Gasteiger partial charge in [-0.3, -0.25) is 19.1 Å². The molecular formula is C11H20NO6PS2. The molecular weight excluding hydrogens is 337 g/mol. The Labute approximate surface area is 128 Å². The average Bonchev–Trinajstić information content (AvgIpc) is 2.69. The fourth-order valence-corrected chi connectivity index (χ4v) is 5.78. The SMILES string of the molecule is CCS(=O)(=O)CCP(=O)(O)CCN1C(=O)CC(SC)C1=O. The van der Waals surface area contributed by atoms with E-state index in [-0.39, 0.29) is 48.6 Å². The zero-order valence-corrected chi connectivity index (χ0v) is 14.5. The van der Waals surface area contributed by atoms with Gasteiger partial charge in [0.1, 0.15) is 0 Å². The number of thioether (sulfide) groups is 1. The Kier molecular flexibility index (Phi) is 6.46. The van der Waals surface area contributed by atoms with Gasteiger partial charge in [-0.2, -0.15) is 11.8 Å². The Bertz CT molecular complexity index is 561. The van der Waals surface area contributed by atoms with Crippen molar-refractivity contribution in [2.45, 2.75) is 18.6 Å². The second-order valence-corrected chi connectivity index (χ2v) is 10.9. The first kappa shape index (κ1) is 18.7. The topological polar surface area (TPSA) is 109 Å². The van der Waals surface area contributed by atoms with Crippen LogP contribution in [-0.2, 0) is 24.0 Å². The minimum absolute atomic E-state index is 0.0779. The predicted molar refractivity (Wildman–Crippen MR) is 82.5 cm³/mol. The first-order valence-electron chi connectivity index (χ1n) is 6.50. The molecule has 122 valence electrons. The van der Waals surface area contributed by atoms with E-state index in [9.17, 15) is 27.5 Å². The third kappa shape index (κ3) is 5.39. The molecule has 2 unspecified atom stereocenters. The maximum atomic E-state index is 11.9. The first-order chi connectivity index (χ1) is 9.62. The Hall–Kier alpha value is -0.370. The molecule has 1 heterocycles. The number of nitrogens with zero attached hydrogens (tertiary/aromatic N) is 1. The molecule has 21 heavy (non-hydrogen) atoms. The van der Waals surface area contributed by atoms with Crippen LogP contribution >= 0.6 is 19.1 Å². The molecule has 10 heteroatoms. The molecule has 0 spiro atoms. The van der Waals surface area contributed by atoms with E-state index in [2.05, 4.69) is 0 Å². The largest absolute Gasteiger partial charge is 0.344 e. The molecule has 0 aromatic heterocycles. The number of hydrogen-bond acceptors (Lipinski definition) is 6. The van der Waals surface area contributed by atoms with Gasteiger partial charge in [-0.25, -0.2) is 8.42 Å². The Morgan fingerprint density at radius 2 is 2.00 bits per heavy atom. The summed E-state index contributed by atoms with van der Waals surface area (Å²) in [5.74, 6) is -1.12.